The number of nitrogens with one attached hydrogen (secondary N) is 1. The minimum Gasteiger partial charge on any atom is -0.469 e. The van der Waals surface area contributed by atoms with Crippen LogP contribution in [0.2, 0.25) is 0 Å². The van der Waals surface area contributed by atoms with E-state index in [-0.39, 0.29) is 5.97 Å². The summed E-state index contributed by atoms with van der Waals surface area (Å²) in [6.07, 6.45) is 3.61. The fraction of sp³-hybridized carbons (Fsp3) is 0.538. The lowest BCUT2D eigenvalue weighted by molar-refractivity contribution is -0.150. The van der Waals surface area contributed by atoms with Crippen molar-refractivity contribution in [3.8, 4) is 0 Å². The van der Waals surface area contributed by atoms with Crippen molar-refractivity contribution >= 4 is 5.97 Å². The Hall–Kier alpha value is -1.42. The molecule has 4 heteroatoms. The number of hydrogen-bond donors (Lipinski definition) is 1. The maximum absolute atomic E-state index is 11.5. The predicted molar refractivity (Wildman–Crippen MR) is 66.5 cm³/mol. The molecule has 4 nitrogen and oxygen atoms in total. The third kappa shape index (κ3) is 3.82. The van der Waals surface area contributed by atoms with Crippen LogP contribution in [-0.4, -0.2) is 24.6 Å². The maximum atomic E-state index is 11.5. The number of aryl methyl sites for hydroxylation is 1. The van der Waals surface area contributed by atoms with Crippen LogP contribution in [0.3, 0.4) is 0 Å². The zero-order valence-electron chi connectivity index (χ0n) is 10.9. The molecule has 0 unspecified atom stereocenters. The first-order valence-electron chi connectivity index (χ1n) is 5.66. The van der Waals surface area contributed by atoms with E-state index in [1.807, 2.05) is 33.0 Å². The first-order chi connectivity index (χ1) is 7.97. The topological polar surface area (TPSA) is 51.2 Å². The van der Waals surface area contributed by atoms with E-state index in [4.69, 9.17) is 4.74 Å². The molecule has 1 rings (SSSR count). The highest BCUT2D eigenvalue weighted by molar-refractivity contribution is 5.76. The van der Waals surface area contributed by atoms with E-state index in [0.717, 1.165) is 12.1 Å². The summed E-state index contributed by atoms with van der Waals surface area (Å²) in [5, 5.41) is 3.27. The Labute approximate surface area is 102 Å². The maximum Gasteiger partial charge on any atom is 0.312 e. The normalized spacial score (nSPS) is 11.3. The van der Waals surface area contributed by atoms with Crippen molar-refractivity contribution < 1.29 is 9.53 Å². The summed E-state index contributed by atoms with van der Waals surface area (Å²) >= 11 is 0. The largest absolute Gasteiger partial charge is 0.469 e. The monoisotopic (exact) mass is 236 g/mol. The molecule has 1 aromatic heterocycles. The summed E-state index contributed by atoms with van der Waals surface area (Å²) in [5.41, 5.74) is 1.84. The van der Waals surface area contributed by atoms with Crippen LogP contribution < -0.4 is 5.32 Å². The van der Waals surface area contributed by atoms with E-state index in [1.54, 1.807) is 6.20 Å². The van der Waals surface area contributed by atoms with Gasteiger partial charge in [-0.2, -0.15) is 0 Å². The molecule has 0 saturated carbocycles. The summed E-state index contributed by atoms with van der Waals surface area (Å²) in [4.78, 5) is 15.5. The number of pyridine rings is 1. The molecule has 0 aliphatic rings. The van der Waals surface area contributed by atoms with Crippen molar-refractivity contribution in [3.63, 3.8) is 0 Å². The third-order valence-electron chi connectivity index (χ3n) is 2.76. The van der Waals surface area contributed by atoms with Crippen molar-refractivity contribution in [1.82, 2.24) is 10.3 Å². The van der Waals surface area contributed by atoms with E-state index in [2.05, 4.69) is 10.3 Å². The molecule has 0 fully saturated rings. The molecule has 0 aliphatic heterocycles. The highest BCUT2D eigenvalue weighted by Gasteiger charge is 2.27. The minimum absolute atomic E-state index is 0.198. The average molecular weight is 236 g/mol. The standard InChI is InChI=1S/C13H20N2O2/c1-10-7-14-6-5-11(10)8-15-9-13(2,3)12(16)17-4/h5-7,15H,8-9H2,1-4H3. The molecule has 0 atom stereocenters. The van der Waals surface area contributed by atoms with Crippen LogP contribution >= 0.6 is 0 Å². The van der Waals surface area contributed by atoms with Gasteiger partial charge in [0, 0.05) is 25.5 Å². The van der Waals surface area contributed by atoms with Crippen molar-refractivity contribution in [2.75, 3.05) is 13.7 Å². The number of ether oxygens (including phenoxy) is 1. The fourth-order valence-electron chi connectivity index (χ4n) is 1.56. The Morgan fingerprint density at radius 1 is 1.53 bits per heavy atom. The lowest BCUT2D eigenvalue weighted by atomic mass is 9.93. The molecule has 1 aromatic rings. The molecule has 0 radical (unpaired) electrons. The number of esters is 1. The molecular formula is C13H20N2O2. The highest BCUT2D eigenvalue weighted by atomic mass is 16.5. The van der Waals surface area contributed by atoms with Gasteiger partial charge in [0.2, 0.25) is 0 Å². The number of carbonyl (C=O) groups is 1. The smallest absolute Gasteiger partial charge is 0.312 e. The van der Waals surface area contributed by atoms with Gasteiger partial charge in [-0.15, -0.1) is 0 Å². The summed E-state index contributed by atoms with van der Waals surface area (Å²) in [6.45, 7) is 7.07. The molecular weight excluding hydrogens is 216 g/mol. The van der Waals surface area contributed by atoms with Gasteiger partial charge >= 0.3 is 5.97 Å². The van der Waals surface area contributed by atoms with Gasteiger partial charge < -0.3 is 10.1 Å². The van der Waals surface area contributed by atoms with Crippen LogP contribution in [0.25, 0.3) is 0 Å². The van der Waals surface area contributed by atoms with E-state index < -0.39 is 5.41 Å². The second-order valence-corrected chi connectivity index (χ2v) is 4.78. The molecule has 0 amide bonds. The molecule has 1 heterocycles. The molecule has 17 heavy (non-hydrogen) atoms. The number of carbonyl (C=O) groups excluding carboxylic acids is 1. The Balaban J connectivity index is 2.48. The summed E-state index contributed by atoms with van der Waals surface area (Å²) < 4.78 is 4.75. The van der Waals surface area contributed by atoms with Crippen molar-refractivity contribution in [2.45, 2.75) is 27.3 Å². The SMILES string of the molecule is COC(=O)C(C)(C)CNCc1ccncc1C. The van der Waals surface area contributed by atoms with Gasteiger partial charge in [0.25, 0.3) is 0 Å². The van der Waals surface area contributed by atoms with Gasteiger partial charge in [-0.05, 0) is 38.0 Å². The number of hydrogen-bond acceptors (Lipinski definition) is 4. The second kappa shape index (κ2) is 5.77. The minimum atomic E-state index is -0.504. The molecule has 1 N–H and O–H groups in total. The van der Waals surface area contributed by atoms with Crippen molar-refractivity contribution in [2.24, 2.45) is 5.41 Å². The Kier molecular flexibility index (Phi) is 4.63. The predicted octanol–water partition coefficient (Wildman–Crippen LogP) is 1.68. The molecule has 0 aromatic carbocycles. The lowest BCUT2D eigenvalue weighted by Crippen LogP contribution is -2.36. The highest BCUT2D eigenvalue weighted by Crippen LogP contribution is 2.15. The van der Waals surface area contributed by atoms with Gasteiger partial charge in [0.15, 0.2) is 0 Å². The van der Waals surface area contributed by atoms with E-state index in [1.165, 1.54) is 12.7 Å². The first kappa shape index (κ1) is 13.6. The molecule has 0 bridgehead atoms. The van der Waals surface area contributed by atoms with Gasteiger partial charge in [0.05, 0.1) is 12.5 Å². The average Bonchev–Trinajstić information content (AvgIpc) is 2.30. The van der Waals surface area contributed by atoms with E-state index in [0.29, 0.717) is 6.54 Å². The quantitative estimate of drug-likeness (QED) is 0.790. The zero-order valence-corrected chi connectivity index (χ0v) is 10.9. The van der Waals surface area contributed by atoms with Gasteiger partial charge in [-0.1, -0.05) is 0 Å². The zero-order chi connectivity index (χ0) is 12.9. The number of aromatic nitrogens is 1. The van der Waals surface area contributed by atoms with Gasteiger partial charge in [0.1, 0.15) is 0 Å². The third-order valence-corrected chi connectivity index (χ3v) is 2.76. The van der Waals surface area contributed by atoms with Crippen LogP contribution in [0.4, 0.5) is 0 Å². The summed E-state index contributed by atoms with van der Waals surface area (Å²) in [7, 11) is 1.41. The second-order valence-electron chi connectivity index (χ2n) is 4.78. The van der Waals surface area contributed by atoms with Crippen LogP contribution in [0.5, 0.6) is 0 Å². The van der Waals surface area contributed by atoms with Crippen LogP contribution in [0, 0.1) is 12.3 Å². The summed E-state index contributed by atoms with van der Waals surface area (Å²) in [5.74, 6) is -0.198. The first-order valence-corrected chi connectivity index (χ1v) is 5.66. The molecule has 0 saturated heterocycles. The Bertz CT molecular complexity index is 389. The van der Waals surface area contributed by atoms with Crippen LogP contribution in [-0.2, 0) is 16.1 Å². The van der Waals surface area contributed by atoms with Crippen LogP contribution in [0.15, 0.2) is 18.5 Å². The molecule has 0 aliphatic carbocycles. The molecule has 0 spiro atoms. The van der Waals surface area contributed by atoms with Crippen molar-refractivity contribution in [1.29, 1.82) is 0 Å². The van der Waals surface area contributed by atoms with Gasteiger partial charge in [-0.3, -0.25) is 9.78 Å². The summed E-state index contributed by atoms with van der Waals surface area (Å²) in [6, 6.07) is 1.98. The number of methoxy groups -OCH3 is 1. The van der Waals surface area contributed by atoms with E-state index in [9.17, 15) is 4.79 Å². The van der Waals surface area contributed by atoms with Crippen molar-refractivity contribution in [3.05, 3.63) is 29.6 Å². The van der Waals surface area contributed by atoms with Gasteiger partial charge in [-0.25, -0.2) is 0 Å². The number of nitrogens with zero attached hydrogens (tertiary/aromatic N) is 1. The van der Waals surface area contributed by atoms with E-state index >= 15 is 0 Å². The number of rotatable bonds is 5. The molecule has 94 valence electrons. The Morgan fingerprint density at radius 3 is 2.82 bits per heavy atom. The lowest BCUT2D eigenvalue weighted by Gasteiger charge is -2.22. The fourth-order valence-corrected chi connectivity index (χ4v) is 1.56. The Morgan fingerprint density at radius 2 is 2.24 bits per heavy atom. The van der Waals surface area contributed by atoms with Crippen LogP contribution in [0.1, 0.15) is 25.0 Å².